The van der Waals surface area contributed by atoms with E-state index in [-0.39, 0.29) is 12.0 Å². The summed E-state index contributed by atoms with van der Waals surface area (Å²) in [6.45, 7) is 6.00. The van der Waals surface area contributed by atoms with E-state index in [0.29, 0.717) is 10.7 Å². The fourth-order valence-electron chi connectivity index (χ4n) is 2.61. The Balaban J connectivity index is 2.10. The van der Waals surface area contributed by atoms with Crippen molar-refractivity contribution in [3.8, 4) is 0 Å². The molecule has 0 saturated heterocycles. The van der Waals surface area contributed by atoms with E-state index in [1.165, 1.54) is 18.2 Å². The van der Waals surface area contributed by atoms with Crippen molar-refractivity contribution in [2.24, 2.45) is 0 Å². The predicted octanol–water partition coefficient (Wildman–Crippen LogP) is 4.14. The number of anilines is 1. The summed E-state index contributed by atoms with van der Waals surface area (Å²) in [7, 11) is 1.37. The highest BCUT2D eigenvalue weighted by Crippen LogP contribution is 2.21. The molecule has 1 atom stereocenters. The molecule has 0 fully saturated rings. The maximum atomic E-state index is 11.8. The van der Waals surface area contributed by atoms with Crippen LogP contribution in [0.25, 0.3) is 0 Å². The molecule has 0 aliphatic carbocycles. The molecule has 0 aliphatic heterocycles. The van der Waals surface area contributed by atoms with Crippen LogP contribution >= 0.6 is 12.2 Å². The number of ether oxygens (including phenoxy) is 1. The zero-order chi connectivity index (χ0) is 17.7. The predicted molar refractivity (Wildman–Crippen MR) is 101 cm³/mol. The summed E-state index contributed by atoms with van der Waals surface area (Å²) in [4.78, 5) is 11.8. The topological polar surface area (TPSA) is 50.4 Å². The second-order valence-electron chi connectivity index (χ2n) is 5.65. The second kappa shape index (κ2) is 7.93. The Labute approximate surface area is 148 Å². The van der Waals surface area contributed by atoms with E-state index in [0.717, 1.165) is 11.3 Å². The van der Waals surface area contributed by atoms with Gasteiger partial charge >= 0.3 is 5.97 Å². The SMILES string of the molecule is COC(=O)c1cccc(NC(=S)N[C@@H](C)c2ccccc2C)c1C. The molecule has 2 aromatic carbocycles. The number of benzene rings is 2. The number of methoxy groups -OCH3 is 1. The van der Waals surface area contributed by atoms with E-state index in [9.17, 15) is 4.79 Å². The Hall–Kier alpha value is -2.40. The Morgan fingerprint density at radius 1 is 1.12 bits per heavy atom. The Bertz CT molecular complexity index is 759. The second-order valence-corrected chi connectivity index (χ2v) is 6.05. The molecular weight excluding hydrogens is 320 g/mol. The minimum Gasteiger partial charge on any atom is -0.465 e. The van der Waals surface area contributed by atoms with Gasteiger partial charge in [-0.1, -0.05) is 30.3 Å². The van der Waals surface area contributed by atoms with Crippen molar-refractivity contribution in [2.45, 2.75) is 26.8 Å². The molecule has 0 aliphatic rings. The van der Waals surface area contributed by atoms with Gasteiger partial charge in [0.1, 0.15) is 0 Å². The van der Waals surface area contributed by atoms with Gasteiger partial charge in [0.15, 0.2) is 5.11 Å². The molecule has 0 radical (unpaired) electrons. The smallest absolute Gasteiger partial charge is 0.338 e. The number of thiocarbonyl (C=S) groups is 1. The van der Waals surface area contributed by atoms with Crippen LogP contribution in [0.3, 0.4) is 0 Å². The first-order valence-electron chi connectivity index (χ1n) is 7.75. The normalized spacial score (nSPS) is 11.5. The summed E-state index contributed by atoms with van der Waals surface area (Å²) < 4.78 is 4.80. The maximum Gasteiger partial charge on any atom is 0.338 e. The van der Waals surface area contributed by atoms with Crippen LogP contribution in [0.2, 0.25) is 0 Å². The van der Waals surface area contributed by atoms with Crippen LogP contribution < -0.4 is 10.6 Å². The van der Waals surface area contributed by atoms with E-state index in [4.69, 9.17) is 17.0 Å². The van der Waals surface area contributed by atoms with Crippen LogP contribution in [0, 0.1) is 13.8 Å². The van der Waals surface area contributed by atoms with Crippen LogP contribution in [0.1, 0.15) is 40.0 Å². The van der Waals surface area contributed by atoms with Crippen molar-refractivity contribution < 1.29 is 9.53 Å². The molecule has 2 rings (SSSR count). The molecule has 0 amide bonds. The van der Waals surface area contributed by atoms with Gasteiger partial charge in [-0.3, -0.25) is 0 Å². The Morgan fingerprint density at radius 3 is 2.50 bits per heavy atom. The molecule has 0 aromatic heterocycles. The first-order valence-corrected chi connectivity index (χ1v) is 8.15. The minimum absolute atomic E-state index is 0.0790. The fraction of sp³-hybridized carbons (Fsp3) is 0.263. The van der Waals surface area contributed by atoms with Crippen molar-refractivity contribution in [1.82, 2.24) is 5.32 Å². The third kappa shape index (κ3) is 4.11. The summed E-state index contributed by atoms with van der Waals surface area (Å²) in [5.41, 5.74) is 4.52. The molecule has 4 nitrogen and oxygen atoms in total. The van der Waals surface area contributed by atoms with Crippen molar-refractivity contribution >= 4 is 29.0 Å². The first kappa shape index (κ1) is 17.9. The first-order chi connectivity index (χ1) is 11.4. The minimum atomic E-state index is -0.358. The molecule has 126 valence electrons. The number of rotatable bonds is 4. The van der Waals surface area contributed by atoms with E-state index in [1.54, 1.807) is 12.1 Å². The standard InChI is InChI=1S/C19H22N2O2S/c1-12-8-5-6-9-15(12)14(3)20-19(24)21-17-11-7-10-16(13(17)2)18(22)23-4/h5-11,14H,1-4H3,(H2,20,21,24)/t14-/m0/s1. The van der Waals surface area contributed by atoms with Gasteiger partial charge in [0.2, 0.25) is 0 Å². The van der Waals surface area contributed by atoms with Crippen molar-refractivity contribution in [2.75, 3.05) is 12.4 Å². The summed E-state index contributed by atoms with van der Waals surface area (Å²) in [5, 5.41) is 6.95. The molecule has 0 saturated carbocycles. The lowest BCUT2D eigenvalue weighted by atomic mass is 10.0. The highest BCUT2D eigenvalue weighted by atomic mass is 32.1. The number of hydrogen-bond acceptors (Lipinski definition) is 3. The van der Waals surface area contributed by atoms with Crippen molar-refractivity contribution in [3.63, 3.8) is 0 Å². The van der Waals surface area contributed by atoms with Crippen LogP contribution in [0.15, 0.2) is 42.5 Å². The Kier molecular flexibility index (Phi) is 5.93. The lowest BCUT2D eigenvalue weighted by molar-refractivity contribution is 0.0600. The number of carbonyl (C=O) groups excluding carboxylic acids is 1. The van der Waals surface area contributed by atoms with E-state index in [1.807, 2.05) is 25.1 Å². The van der Waals surface area contributed by atoms with Gasteiger partial charge in [-0.2, -0.15) is 0 Å². The summed E-state index contributed by atoms with van der Waals surface area (Å²) in [6, 6.07) is 13.7. The third-order valence-corrected chi connectivity index (χ3v) is 4.21. The van der Waals surface area contributed by atoms with Crippen LogP contribution in [-0.4, -0.2) is 18.2 Å². The molecule has 2 aromatic rings. The van der Waals surface area contributed by atoms with Gasteiger partial charge < -0.3 is 15.4 Å². The third-order valence-electron chi connectivity index (χ3n) is 3.99. The number of esters is 1. The fourth-order valence-corrected chi connectivity index (χ4v) is 2.89. The van der Waals surface area contributed by atoms with Crippen LogP contribution in [0.4, 0.5) is 5.69 Å². The highest BCUT2D eigenvalue weighted by molar-refractivity contribution is 7.80. The monoisotopic (exact) mass is 342 g/mol. The summed E-state index contributed by atoms with van der Waals surface area (Å²) in [6.07, 6.45) is 0. The summed E-state index contributed by atoms with van der Waals surface area (Å²) in [5.74, 6) is -0.358. The van der Waals surface area contributed by atoms with Gasteiger partial charge in [0.05, 0.1) is 18.7 Å². The average molecular weight is 342 g/mol. The highest BCUT2D eigenvalue weighted by Gasteiger charge is 2.14. The van der Waals surface area contributed by atoms with E-state index < -0.39 is 0 Å². The molecule has 5 heteroatoms. The number of carbonyl (C=O) groups is 1. The zero-order valence-electron chi connectivity index (χ0n) is 14.3. The quantitative estimate of drug-likeness (QED) is 0.646. The maximum absolute atomic E-state index is 11.8. The molecular formula is C19H22N2O2S. The molecule has 0 unspecified atom stereocenters. The largest absolute Gasteiger partial charge is 0.465 e. The van der Waals surface area contributed by atoms with Gasteiger partial charge in [-0.15, -0.1) is 0 Å². The molecule has 2 N–H and O–H groups in total. The zero-order valence-corrected chi connectivity index (χ0v) is 15.2. The van der Waals surface area contributed by atoms with Gasteiger partial charge in [0.25, 0.3) is 0 Å². The van der Waals surface area contributed by atoms with E-state index >= 15 is 0 Å². The average Bonchev–Trinajstić information content (AvgIpc) is 2.56. The van der Waals surface area contributed by atoms with Crippen molar-refractivity contribution in [1.29, 1.82) is 0 Å². The number of hydrogen-bond donors (Lipinski definition) is 2. The van der Waals surface area contributed by atoms with E-state index in [2.05, 4.69) is 36.6 Å². The van der Waals surface area contributed by atoms with Crippen LogP contribution in [-0.2, 0) is 4.74 Å². The van der Waals surface area contributed by atoms with Gasteiger partial charge in [-0.05, 0) is 61.8 Å². The lowest BCUT2D eigenvalue weighted by Gasteiger charge is -2.20. The lowest BCUT2D eigenvalue weighted by Crippen LogP contribution is -2.31. The van der Waals surface area contributed by atoms with Gasteiger partial charge in [-0.25, -0.2) is 4.79 Å². The van der Waals surface area contributed by atoms with Gasteiger partial charge in [0, 0.05) is 5.69 Å². The molecule has 0 spiro atoms. The molecule has 24 heavy (non-hydrogen) atoms. The van der Waals surface area contributed by atoms with Crippen LogP contribution in [0.5, 0.6) is 0 Å². The molecule has 0 heterocycles. The number of aryl methyl sites for hydroxylation is 1. The Morgan fingerprint density at radius 2 is 1.83 bits per heavy atom. The summed E-state index contributed by atoms with van der Waals surface area (Å²) >= 11 is 5.41. The molecule has 0 bridgehead atoms. The van der Waals surface area contributed by atoms with Crippen molar-refractivity contribution in [3.05, 3.63) is 64.7 Å². The number of nitrogens with one attached hydrogen (secondary N) is 2.